The van der Waals surface area contributed by atoms with Gasteiger partial charge in [-0.05, 0) is 12.1 Å². The standard InChI is InChI=1S/C14H12N4O2/c15-13(19)14(20)18-17-12(10-5-2-1-3-6-10)11-7-4-8-16-9-11/h1-9H,(H2,15,19)(H,18,20). The molecular weight excluding hydrogens is 256 g/mol. The number of carbonyl (C=O) groups excluding carboxylic acids is 2. The number of carbonyl (C=O) groups is 2. The summed E-state index contributed by atoms with van der Waals surface area (Å²) in [6.07, 6.45) is 3.25. The summed E-state index contributed by atoms with van der Waals surface area (Å²) in [7, 11) is 0. The van der Waals surface area contributed by atoms with Gasteiger partial charge in [-0.25, -0.2) is 5.43 Å². The number of nitrogens with zero attached hydrogens (tertiary/aromatic N) is 2. The predicted octanol–water partition coefficient (Wildman–Crippen LogP) is 0.436. The van der Waals surface area contributed by atoms with Crippen molar-refractivity contribution in [3.05, 3.63) is 66.0 Å². The average Bonchev–Trinajstić information content (AvgIpc) is 2.49. The molecule has 0 spiro atoms. The molecule has 0 unspecified atom stereocenters. The van der Waals surface area contributed by atoms with E-state index in [1.54, 1.807) is 24.5 Å². The van der Waals surface area contributed by atoms with Crippen molar-refractivity contribution < 1.29 is 9.59 Å². The molecule has 0 aliphatic carbocycles. The summed E-state index contributed by atoms with van der Waals surface area (Å²) in [5, 5.41) is 3.96. The summed E-state index contributed by atoms with van der Waals surface area (Å²) < 4.78 is 0. The molecule has 0 aliphatic heterocycles. The van der Waals surface area contributed by atoms with E-state index in [1.807, 2.05) is 30.3 Å². The van der Waals surface area contributed by atoms with Gasteiger partial charge in [0, 0.05) is 23.5 Å². The zero-order valence-corrected chi connectivity index (χ0v) is 10.5. The summed E-state index contributed by atoms with van der Waals surface area (Å²) in [5.74, 6) is -2.06. The van der Waals surface area contributed by atoms with Crippen molar-refractivity contribution in [3.8, 4) is 0 Å². The number of pyridine rings is 1. The second-order valence-electron chi connectivity index (χ2n) is 3.87. The van der Waals surface area contributed by atoms with Crippen LogP contribution in [0.3, 0.4) is 0 Å². The average molecular weight is 268 g/mol. The van der Waals surface area contributed by atoms with Gasteiger partial charge in [-0.15, -0.1) is 0 Å². The Labute approximate surface area is 115 Å². The molecule has 2 rings (SSSR count). The van der Waals surface area contributed by atoms with E-state index < -0.39 is 11.8 Å². The lowest BCUT2D eigenvalue weighted by Gasteiger charge is -2.06. The topological polar surface area (TPSA) is 97.4 Å². The zero-order chi connectivity index (χ0) is 14.4. The molecule has 1 aromatic carbocycles. The Morgan fingerprint density at radius 2 is 1.75 bits per heavy atom. The van der Waals surface area contributed by atoms with Crippen LogP contribution in [0.4, 0.5) is 0 Å². The van der Waals surface area contributed by atoms with Gasteiger partial charge in [-0.2, -0.15) is 5.10 Å². The molecule has 0 saturated heterocycles. The van der Waals surface area contributed by atoms with Crippen LogP contribution in [0.15, 0.2) is 60.0 Å². The van der Waals surface area contributed by atoms with Gasteiger partial charge in [0.1, 0.15) is 0 Å². The van der Waals surface area contributed by atoms with Crippen LogP contribution in [-0.4, -0.2) is 22.5 Å². The molecule has 20 heavy (non-hydrogen) atoms. The van der Waals surface area contributed by atoms with Crippen molar-refractivity contribution in [2.45, 2.75) is 0 Å². The fourth-order valence-corrected chi connectivity index (χ4v) is 1.56. The molecular formula is C14H12N4O2. The molecule has 0 fully saturated rings. The normalized spacial score (nSPS) is 10.9. The molecule has 0 bridgehead atoms. The Morgan fingerprint density at radius 3 is 2.35 bits per heavy atom. The lowest BCUT2D eigenvalue weighted by molar-refractivity contribution is -0.137. The van der Waals surface area contributed by atoms with Crippen LogP contribution >= 0.6 is 0 Å². The minimum Gasteiger partial charge on any atom is -0.361 e. The Morgan fingerprint density at radius 1 is 1.05 bits per heavy atom. The largest absolute Gasteiger partial charge is 0.361 e. The first-order valence-corrected chi connectivity index (χ1v) is 5.82. The zero-order valence-electron chi connectivity index (χ0n) is 10.5. The first-order chi connectivity index (χ1) is 9.68. The first-order valence-electron chi connectivity index (χ1n) is 5.82. The van der Waals surface area contributed by atoms with E-state index in [2.05, 4.69) is 15.5 Å². The number of hydrazone groups is 1. The number of nitrogens with two attached hydrogens (primary N) is 1. The van der Waals surface area contributed by atoms with Crippen molar-refractivity contribution in [3.63, 3.8) is 0 Å². The van der Waals surface area contributed by atoms with Gasteiger partial charge in [0.25, 0.3) is 0 Å². The lowest BCUT2D eigenvalue weighted by Crippen LogP contribution is -2.33. The highest BCUT2D eigenvalue weighted by Gasteiger charge is 2.10. The number of hydrogen-bond acceptors (Lipinski definition) is 4. The van der Waals surface area contributed by atoms with Gasteiger partial charge in [-0.3, -0.25) is 14.6 Å². The highest BCUT2D eigenvalue weighted by atomic mass is 16.2. The van der Waals surface area contributed by atoms with Crippen LogP contribution < -0.4 is 11.2 Å². The van der Waals surface area contributed by atoms with Crippen molar-refractivity contribution in [2.75, 3.05) is 0 Å². The second-order valence-corrected chi connectivity index (χ2v) is 3.87. The van der Waals surface area contributed by atoms with Gasteiger partial charge in [0.15, 0.2) is 0 Å². The Hall–Kier alpha value is -3.02. The third kappa shape index (κ3) is 3.26. The monoisotopic (exact) mass is 268 g/mol. The van der Waals surface area contributed by atoms with Gasteiger partial charge in [0.05, 0.1) is 5.71 Å². The van der Waals surface area contributed by atoms with Crippen molar-refractivity contribution in [2.24, 2.45) is 10.8 Å². The SMILES string of the molecule is NC(=O)C(=O)NN=C(c1ccccc1)c1cccnc1. The van der Waals surface area contributed by atoms with E-state index in [0.29, 0.717) is 11.3 Å². The van der Waals surface area contributed by atoms with Gasteiger partial charge < -0.3 is 5.73 Å². The van der Waals surface area contributed by atoms with E-state index >= 15 is 0 Å². The Kier molecular flexibility index (Phi) is 4.18. The minimum atomic E-state index is -1.09. The molecule has 6 nitrogen and oxygen atoms in total. The fraction of sp³-hybridized carbons (Fsp3) is 0. The number of nitrogens with one attached hydrogen (secondary N) is 1. The molecule has 2 amide bonds. The van der Waals surface area contributed by atoms with Crippen LogP contribution in [0, 0.1) is 0 Å². The van der Waals surface area contributed by atoms with Crippen LogP contribution in [0.5, 0.6) is 0 Å². The Balaban J connectivity index is 2.38. The number of amides is 2. The molecule has 0 saturated carbocycles. The Bertz CT molecular complexity index is 597. The van der Waals surface area contributed by atoms with Gasteiger partial charge >= 0.3 is 11.8 Å². The molecule has 100 valence electrons. The molecule has 0 aliphatic rings. The third-order valence-corrected chi connectivity index (χ3v) is 2.48. The highest BCUT2D eigenvalue weighted by Crippen LogP contribution is 2.09. The molecule has 0 radical (unpaired) electrons. The summed E-state index contributed by atoms with van der Waals surface area (Å²) in [4.78, 5) is 25.9. The summed E-state index contributed by atoms with van der Waals surface area (Å²) in [5.41, 5.74) is 8.98. The number of rotatable bonds is 3. The van der Waals surface area contributed by atoms with Crippen LogP contribution in [0.25, 0.3) is 0 Å². The highest BCUT2D eigenvalue weighted by molar-refractivity contribution is 6.34. The predicted molar refractivity (Wildman–Crippen MR) is 73.7 cm³/mol. The van der Waals surface area contributed by atoms with E-state index in [-0.39, 0.29) is 0 Å². The minimum absolute atomic E-state index is 0.494. The van der Waals surface area contributed by atoms with Gasteiger partial charge in [0.2, 0.25) is 0 Å². The van der Waals surface area contributed by atoms with Crippen molar-refractivity contribution in [1.82, 2.24) is 10.4 Å². The van der Waals surface area contributed by atoms with Crippen molar-refractivity contribution >= 4 is 17.5 Å². The van der Waals surface area contributed by atoms with E-state index in [4.69, 9.17) is 5.73 Å². The number of hydrogen-bond donors (Lipinski definition) is 2. The molecule has 1 aromatic heterocycles. The van der Waals surface area contributed by atoms with Crippen LogP contribution in [0.2, 0.25) is 0 Å². The first kappa shape index (κ1) is 13.4. The van der Waals surface area contributed by atoms with E-state index in [9.17, 15) is 9.59 Å². The smallest absolute Gasteiger partial charge is 0.329 e. The molecule has 0 atom stereocenters. The van der Waals surface area contributed by atoms with Crippen molar-refractivity contribution in [1.29, 1.82) is 0 Å². The quantitative estimate of drug-likeness (QED) is 0.480. The molecule has 2 aromatic rings. The maximum atomic E-state index is 11.2. The lowest BCUT2D eigenvalue weighted by atomic mass is 10.0. The number of benzene rings is 1. The summed E-state index contributed by atoms with van der Waals surface area (Å²) in [6, 6.07) is 12.8. The fourth-order valence-electron chi connectivity index (χ4n) is 1.56. The molecule has 6 heteroatoms. The van der Waals surface area contributed by atoms with E-state index in [0.717, 1.165) is 5.56 Å². The summed E-state index contributed by atoms with van der Waals surface area (Å²) in [6.45, 7) is 0. The maximum Gasteiger partial charge on any atom is 0.329 e. The number of aromatic nitrogens is 1. The molecule has 3 N–H and O–H groups in total. The third-order valence-electron chi connectivity index (χ3n) is 2.48. The maximum absolute atomic E-state index is 11.2. The second kappa shape index (κ2) is 6.24. The van der Waals surface area contributed by atoms with E-state index in [1.165, 1.54) is 0 Å². The number of primary amides is 1. The van der Waals surface area contributed by atoms with Crippen LogP contribution in [-0.2, 0) is 9.59 Å². The van der Waals surface area contributed by atoms with Gasteiger partial charge in [-0.1, -0.05) is 30.3 Å². The summed E-state index contributed by atoms with van der Waals surface area (Å²) >= 11 is 0. The molecule has 1 heterocycles. The van der Waals surface area contributed by atoms with Crippen LogP contribution in [0.1, 0.15) is 11.1 Å².